The van der Waals surface area contributed by atoms with Gasteiger partial charge in [-0.2, -0.15) is 0 Å². The summed E-state index contributed by atoms with van der Waals surface area (Å²) in [7, 11) is 2.22. The van der Waals surface area contributed by atoms with Gasteiger partial charge in [-0.25, -0.2) is 0 Å². The van der Waals surface area contributed by atoms with Gasteiger partial charge in [0.15, 0.2) is 0 Å². The second kappa shape index (κ2) is 7.57. The van der Waals surface area contributed by atoms with Crippen molar-refractivity contribution in [3.8, 4) is 0 Å². The molecule has 17 heavy (non-hydrogen) atoms. The summed E-state index contributed by atoms with van der Waals surface area (Å²) in [6, 6.07) is 1.47. The van der Waals surface area contributed by atoms with E-state index in [0.717, 1.165) is 6.04 Å². The van der Waals surface area contributed by atoms with Crippen molar-refractivity contribution >= 4 is 12.4 Å². The highest BCUT2D eigenvalue weighted by molar-refractivity contribution is 5.85. The molecule has 1 heterocycles. The SMILES string of the molecule is CC(CN1CCN(C)CC1)NC1CCCC1.Cl. The van der Waals surface area contributed by atoms with Crippen molar-refractivity contribution in [2.24, 2.45) is 0 Å². The van der Waals surface area contributed by atoms with Gasteiger partial charge >= 0.3 is 0 Å². The predicted molar refractivity (Wildman–Crippen MR) is 76.0 cm³/mol. The maximum atomic E-state index is 3.78. The molecule has 0 radical (unpaired) electrons. The number of nitrogens with one attached hydrogen (secondary N) is 1. The first kappa shape index (κ1) is 15.2. The normalized spacial score (nSPS) is 25.8. The number of hydrogen-bond acceptors (Lipinski definition) is 3. The van der Waals surface area contributed by atoms with Gasteiger partial charge in [0.05, 0.1) is 0 Å². The number of halogens is 1. The van der Waals surface area contributed by atoms with Crippen LogP contribution in [0.3, 0.4) is 0 Å². The Labute approximate surface area is 112 Å². The first-order valence-electron chi connectivity index (χ1n) is 6.91. The average molecular weight is 262 g/mol. The second-order valence-electron chi connectivity index (χ2n) is 5.65. The minimum absolute atomic E-state index is 0. The van der Waals surface area contributed by atoms with Gasteiger partial charge in [0, 0.05) is 44.8 Å². The van der Waals surface area contributed by atoms with Crippen LogP contribution in [0.15, 0.2) is 0 Å². The maximum absolute atomic E-state index is 3.78. The minimum atomic E-state index is 0. The molecule has 3 nitrogen and oxygen atoms in total. The minimum Gasteiger partial charge on any atom is -0.310 e. The highest BCUT2D eigenvalue weighted by Crippen LogP contribution is 2.18. The van der Waals surface area contributed by atoms with E-state index >= 15 is 0 Å². The molecule has 1 saturated carbocycles. The molecule has 2 fully saturated rings. The Morgan fingerprint density at radius 3 is 2.29 bits per heavy atom. The number of hydrogen-bond donors (Lipinski definition) is 1. The maximum Gasteiger partial charge on any atom is 0.0169 e. The number of likely N-dealkylation sites (N-methyl/N-ethyl adjacent to an activating group) is 1. The summed E-state index contributed by atoms with van der Waals surface area (Å²) in [5.74, 6) is 0. The van der Waals surface area contributed by atoms with Crippen molar-refractivity contribution in [3.63, 3.8) is 0 Å². The van der Waals surface area contributed by atoms with Gasteiger partial charge in [0.1, 0.15) is 0 Å². The molecule has 102 valence electrons. The zero-order valence-corrected chi connectivity index (χ0v) is 12.1. The molecule has 0 aromatic heterocycles. The van der Waals surface area contributed by atoms with E-state index in [9.17, 15) is 0 Å². The second-order valence-corrected chi connectivity index (χ2v) is 5.65. The van der Waals surface area contributed by atoms with Gasteiger partial charge < -0.3 is 10.2 Å². The Balaban J connectivity index is 0.00000144. The molecule has 2 aliphatic rings. The third kappa shape index (κ3) is 5.12. The van der Waals surface area contributed by atoms with E-state index in [0.29, 0.717) is 6.04 Å². The summed E-state index contributed by atoms with van der Waals surface area (Å²) in [5, 5.41) is 3.78. The van der Waals surface area contributed by atoms with Crippen molar-refractivity contribution in [1.29, 1.82) is 0 Å². The Kier molecular flexibility index (Phi) is 6.78. The molecule has 1 aliphatic heterocycles. The lowest BCUT2D eigenvalue weighted by Gasteiger charge is -2.34. The fraction of sp³-hybridized carbons (Fsp3) is 1.00. The molecule has 2 rings (SSSR count). The quantitative estimate of drug-likeness (QED) is 0.829. The van der Waals surface area contributed by atoms with E-state index in [4.69, 9.17) is 0 Å². The lowest BCUT2D eigenvalue weighted by Crippen LogP contribution is -2.50. The molecule has 1 atom stereocenters. The van der Waals surface area contributed by atoms with Crippen LogP contribution in [0, 0.1) is 0 Å². The average Bonchev–Trinajstić information content (AvgIpc) is 2.74. The molecule has 1 aliphatic carbocycles. The summed E-state index contributed by atoms with van der Waals surface area (Å²) in [6.45, 7) is 8.52. The molecule has 1 N–H and O–H groups in total. The third-order valence-corrected chi connectivity index (χ3v) is 4.00. The van der Waals surface area contributed by atoms with Crippen LogP contribution in [0.25, 0.3) is 0 Å². The van der Waals surface area contributed by atoms with Gasteiger partial charge in [-0.05, 0) is 26.8 Å². The molecular weight excluding hydrogens is 234 g/mol. The summed E-state index contributed by atoms with van der Waals surface area (Å²) in [6.07, 6.45) is 5.65. The van der Waals surface area contributed by atoms with Crippen LogP contribution >= 0.6 is 12.4 Å². The van der Waals surface area contributed by atoms with E-state index in [1.165, 1.54) is 58.4 Å². The number of rotatable bonds is 4. The molecule has 0 amide bonds. The van der Waals surface area contributed by atoms with Crippen LogP contribution in [-0.2, 0) is 0 Å². The highest BCUT2D eigenvalue weighted by Gasteiger charge is 2.20. The molecule has 0 bridgehead atoms. The van der Waals surface area contributed by atoms with Crippen LogP contribution in [-0.4, -0.2) is 61.7 Å². The van der Waals surface area contributed by atoms with Crippen LogP contribution in [0.4, 0.5) is 0 Å². The zero-order valence-electron chi connectivity index (χ0n) is 11.3. The Hall–Kier alpha value is 0.170. The van der Waals surface area contributed by atoms with Crippen molar-refractivity contribution < 1.29 is 0 Å². The molecule has 1 unspecified atom stereocenters. The van der Waals surface area contributed by atoms with E-state index in [1.54, 1.807) is 0 Å². The highest BCUT2D eigenvalue weighted by atomic mass is 35.5. The third-order valence-electron chi connectivity index (χ3n) is 4.00. The van der Waals surface area contributed by atoms with Gasteiger partial charge in [-0.3, -0.25) is 4.90 Å². The van der Waals surface area contributed by atoms with Crippen LogP contribution in [0.2, 0.25) is 0 Å². The Bertz CT molecular complexity index is 199. The van der Waals surface area contributed by atoms with E-state index in [-0.39, 0.29) is 12.4 Å². The summed E-state index contributed by atoms with van der Waals surface area (Å²) in [4.78, 5) is 5.03. The molecular formula is C13H28ClN3. The molecule has 0 aromatic rings. The van der Waals surface area contributed by atoms with Crippen LogP contribution in [0.1, 0.15) is 32.6 Å². The van der Waals surface area contributed by atoms with E-state index in [1.807, 2.05) is 0 Å². The predicted octanol–water partition coefficient (Wildman–Crippen LogP) is 1.58. The first-order chi connectivity index (χ1) is 7.74. The summed E-state index contributed by atoms with van der Waals surface area (Å²) < 4.78 is 0. The molecule has 1 saturated heterocycles. The van der Waals surface area contributed by atoms with Gasteiger partial charge in [-0.15, -0.1) is 12.4 Å². The molecule has 0 spiro atoms. The fourth-order valence-corrected chi connectivity index (χ4v) is 2.97. The number of piperazine rings is 1. The largest absolute Gasteiger partial charge is 0.310 e. The van der Waals surface area contributed by atoms with Crippen molar-refractivity contribution in [1.82, 2.24) is 15.1 Å². The van der Waals surface area contributed by atoms with Crippen LogP contribution < -0.4 is 5.32 Å². The lowest BCUT2D eigenvalue weighted by atomic mass is 10.2. The monoisotopic (exact) mass is 261 g/mol. The zero-order chi connectivity index (χ0) is 11.4. The summed E-state index contributed by atoms with van der Waals surface area (Å²) in [5.41, 5.74) is 0. The summed E-state index contributed by atoms with van der Waals surface area (Å²) >= 11 is 0. The lowest BCUT2D eigenvalue weighted by molar-refractivity contribution is 0.142. The molecule has 4 heteroatoms. The first-order valence-corrected chi connectivity index (χ1v) is 6.91. The molecule has 0 aromatic carbocycles. The standard InChI is InChI=1S/C13H27N3.ClH/c1-12(14-13-5-3-4-6-13)11-16-9-7-15(2)8-10-16;/h12-14H,3-11H2,1-2H3;1H. The van der Waals surface area contributed by atoms with Crippen LogP contribution in [0.5, 0.6) is 0 Å². The van der Waals surface area contributed by atoms with Crippen molar-refractivity contribution in [3.05, 3.63) is 0 Å². The topological polar surface area (TPSA) is 18.5 Å². The Morgan fingerprint density at radius 2 is 1.71 bits per heavy atom. The van der Waals surface area contributed by atoms with Crippen molar-refractivity contribution in [2.45, 2.75) is 44.7 Å². The van der Waals surface area contributed by atoms with Gasteiger partial charge in [0.25, 0.3) is 0 Å². The fourth-order valence-electron chi connectivity index (χ4n) is 2.97. The smallest absolute Gasteiger partial charge is 0.0169 e. The van der Waals surface area contributed by atoms with Crippen molar-refractivity contribution in [2.75, 3.05) is 39.8 Å². The van der Waals surface area contributed by atoms with Gasteiger partial charge in [-0.1, -0.05) is 12.8 Å². The van der Waals surface area contributed by atoms with Gasteiger partial charge in [0.2, 0.25) is 0 Å². The number of nitrogens with zero attached hydrogens (tertiary/aromatic N) is 2. The Morgan fingerprint density at radius 1 is 1.12 bits per heavy atom. The van der Waals surface area contributed by atoms with E-state index in [2.05, 4.69) is 29.1 Å². The van der Waals surface area contributed by atoms with E-state index < -0.39 is 0 Å².